The van der Waals surface area contributed by atoms with Crippen LogP contribution in [0.4, 0.5) is 0 Å². The summed E-state index contributed by atoms with van der Waals surface area (Å²) in [6.45, 7) is 0. The normalized spacial score (nSPS) is 18.1. The summed E-state index contributed by atoms with van der Waals surface area (Å²) in [7, 11) is 0. The van der Waals surface area contributed by atoms with Crippen LogP contribution >= 0.6 is 0 Å². The highest BCUT2D eigenvalue weighted by atomic mass is 16.6. The molecule has 3 heteroatoms. The van der Waals surface area contributed by atoms with Gasteiger partial charge >= 0.3 is 5.97 Å². The van der Waals surface area contributed by atoms with Crippen molar-refractivity contribution in [2.24, 2.45) is 0 Å². The third-order valence-corrected chi connectivity index (χ3v) is 3.30. The fraction of sp³-hybridized carbons (Fsp3) is 0.267. The van der Waals surface area contributed by atoms with Crippen LogP contribution in [-0.4, -0.2) is 12.1 Å². The summed E-state index contributed by atoms with van der Waals surface area (Å²) >= 11 is 0. The number of furan rings is 1. The van der Waals surface area contributed by atoms with Crippen LogP contribution in [-0.2, 0) is 17.6 Å². The molecule has 1 aromatic heterocycles. The Bertz CT molecular complexity index is 543. The van der Waals surface area contributed by atoms with Gasteiger partial charge in [0.15, 0.2) is 0 Å². The molecule has 0 bridgehead atoms. The Morgan fingerprint density at radius 3 is 2.78 bits per heavy atom. The molecule has 1 aliphatic carbocycles. The average molecular weight is 242 g/mol. The van der Waals surface area contributed by atoms with Gasteiger partial charge in [0.05, 0.1) is 6.26 Å². The first-order valence-corrected chi connectivity index (χ1v) is 6.14. The molecule has 0 radical (unpaired) electrons. The third kappa shape index (κ3) is 2.16. The fourth-order valence-electron chi connectivity index (χ4n) is 2.37. The molecule has 0 N–H and O–H groups in total. The van der Waals surface area contributed by atoms with Gasteiger partial charge in [-0.1, -0.05) is 24.3 Å². The van der Waals surface area contributed by atoms with E-state index in [2.05, 4.69) is 12.1 Å². The van der Waals surface area contributed by atoms with E-state index < -0.39 is 0 Å². The topological polar surface area (TPSA) is 39.4 Å². The minimum absolute atomic E-state index is 0.0440. The van der Waals surface area contributed by atoms with Gasteiger partial charge < -0.3 is 9.15 Å². The number of fused-ring (bicyclic) bond motifs is 1. The Kier molecular flexibility index (Phi) is 2.89. The second kappa shape index (κ2) is 4.69. The molecule has 1 aromatic carbocycles. The highest BCUT2D eigenvalue weighted by molar-refractivity contribution is 5.86. The minimum atomic E-state index is -0.371. The monoisotopic (exact) mass is 242 g/mol. The molecule has 0 amide bonds. The van der Waals surface area contributed by atoms with Crippen LogP contribution in [0.2, 0.25) is 0 Å². The van der Waals surface area contributed by atoms with Gasteiger partial charge in [-0.15, -0.1) is 0 Å². The maximum atomic E-state index is 11.8. The second-order valence-corrected chi connectivity index (χ2v) is 4.52. The average Bonchev–Trinajstić information content (AvgIpc) is 2.92. The number of aryl methyl sites for hydroxylation is 1. The molecule has 2 aromatic rings. The predicted octanol–water partition coefficient (Wildman–Crippen LogP) is 2.99. The number of benzene rings is 1. The molecule has 1 aliphatic rings. The second-order valence-electron chi connectivity index (χ2n) is 4.52. The van der Waals surface area contributed by atoms with Crippen molar-refractivity contribution in [3.63, 3.8) is 0 Å². The number of esters is 1. The Morgan fingerprint density at radius 1 is 1.17 bits per heavy atom. The Morgan fingerprint density at radius 2 is 2.00 bits per heavy atom. The number of rotatable bonds is 2. The lowest BCUT2D eigenvalue weighted by molar-refractivity contribution is 0.0235. The van der Waals surface area contributed by atoms with Gasteiger partial charge in [-0.3, -0.25) is 0 Å². The molecule has 18 heavy (non-hydrogen) atoms. The van der Waals surface area contributed by atoms with Crippen LogP contribution < -0.4 is 0 Å². The van der Waals surface area contributed by atoms with E-state index in [1.54, 1.807) is 12.1 Å². The smallest absolute Gasteiger partial charge is 0.374 e. The molecule has 0 fully saturated rings. The summed E-state index contributed by atoms with van der Waals surface area (Å²) in [4.78, 5) is 11.8. The number of carbonyl (C=O) groups is 1. The highest BCUT2D eigenvalue weighted by Gasteiger charge is 2.23. The zero-order valence-electron chi connectivity index (χ0n) is 9.96. The van der Waals surface area contributed by atoms with Crippen molar-refractivity contribution in [1.82, 2.24) is 0 Å². The summed E-state index contributed by atoms with van der Waals surface area (Å²) in [6, 6.07) is 11.6. The van der Waals surface area contributed by atoms with E-state index in [-0.39, 0.29) is 17.8 Å². The Labute approximate surface area is 105 Å². The summed E-state index contributed by atoms with van der Waals surface area (Å²) in [5, 5.41) is 0. The van der Waals surface area contributed by atoms with Crippen molar-refractivity contribution in [3.8, 4) is 0 Å². The van der Waals surface area contributed by atoms with E-state index in [9.17, 15) is 4.79 Å². The van der Waals surface area contributed by atoms with Crippen LogP contribution in [0.5, 0.6) is 0 Å². The molecule has 1 heterocycles. The first kappa shape index (κ1) is 11.1. The first-order valence-electron chi connectivity index (χ1n) is 6.14. The van der Waals surface area contributed by atoms with Crippen LogP contribution in [0.3, 0.4) is 0 Å². The van der Waals surface area contributed by atoms with Crippen LogP contribution in [0.15, 0.2) is 47.1 Å². The highest BCUT2D eigenvalue weighted by Crippen LogP contribution is 2.23. The molecular weight excluding hydrogens is 228 g/mol. The molecule has 0 unspecified atom stereocenters. The zero-order valence-corrected chi connectivity index (χ0v) is 9.96. The van der Waals surface area contributed by atoms with Gasteiger partial charge in [0.2, 0.25) is 5.76 Å². The van der Waals surface area contributed by atoms with E-state index in [1.165, 1.54) is 17.4 Å². The number of hydrogen-bond acceptors (Lipinski definition) is 3. The third-order valence-electron chi connectivity index (χ3n) is 3.30. The van der Waals surface area contributed by atoms with Gasteiger partial charge in [0, 0.05) is 6.42 Å². The molecule has 3 rings (SSSR count). The minimum Gasteiger partial charge on any atom is -0.457 e. The molecule has 1 atom stereocenters. The van der Waals surface area contributed by atoms with Gasteiger partial charge in [0.1, 0.15) is 6.10 Å². The van der Waals surface area contributed by atoms with E-state index in [0.29, 0.717) is 0 Å². The lowest BCUT2D eigenvalue weighted by Gasteiger charge is -2.24. The maximum absolute atomic E-state index is 11.8. The Hall–Kier alpha value is -2.03. The van der Waals surface area contributed by atoms with Crippen molar-refractivity contribution in [2.75, 3.05) is 0 Å². The molecule has 0 aliphatic heterocycles. The Balaban J connectivity index is 1.68. The van der Waals surface area contributed by atoms with Crippen LogP contribution in [0.25, 0.3) is 0 Å². The van der Waals surface area contributed by atoms with Gasteiger partial charge in [-0.25, -0.2) is 4.79 Å². The van der Waals surface area contributed by atoms with E-state index in [0.717, 1.165) is 19.3 Å². The largest absolute Gasteiger partial charge is 0.457 e. The van der Waals surface area contributed by atoms with Gasteiger partial charge in [-0.2, -0.15) is 0 Å². The molecule has 0 saturated carbocycles. The van der Waals surface area contributed by atoms with Crippen molar-refractivity contribution >= 4 is 5.97 Å². The van der Waals surface area contributed by atoms with E-state index in [1.807, 2.05) is 12.1 Å². The summed E-state index contributed by atoms with van der Waals surface area (Å²) in [6.07, 6.45) is 4.07. The quantitative estimate of drug-likeness (QED) is 0.760. The van der Waals surface area contributed by atoms with Crippen LogP contribution in [0, 0.1) is 0 Å². The predicted molar refractivity (Wildman–Crippen MR) is 66.4 cm³/mol. The van der Waals surface area contributed by atoms with E-state index >= 15 is 0 Å². The molecule has 3 nitrogen and oxygen atoms in total. The molecular formula is C15H14O3. The van der Waals surface area contributed by atoms with Crippen molar-refractivity contribution in [3.05, 3.63) is 59.5 Å². The first-order chi connectivity index (χ1) is 8.83. The summed E-state index contributed by atoms with van der Waals surface area (Å²) in [5.41, 5.74) is 2.64. The lowest BCUT2D eigenvalue weighted by atomic mass is 9.90. The zero-order chi connectivity index (χ0) is 12.4. The van der Waals surface area contributed by atoms with Crippen molar-refractivity contribution < 1.29 is 13.9 Å². The van der Waals surface area contributed by atoms with Crippen molar-refractivity contribution in [2.45, 2.75) is 25.4 Å². The SMILES string of the molecule is O=C(O[C@@H]1CCc2ccccc2C1)c1ccco1. The van der Waals surface area contributed by atoms with Crippen LogP contribution in [0.1, 0.15) is 28.1 Å². The molecule has 0 saturated heterocycles. The molecule has 0 spiro atoms. The summed E-state index contributed by atoms with van der Waals surface area (Å²) in [5.74, 6) is -0.0989. The summed E-state index contributed by atoms with van der Waals surface area (Å²) < 4.78 is 10.5. The fourth-order valence-corrected chi connectivity index (χ4v) is 2.37. The molecule has 92 valence electrons. The number of hydrogen-bond donors (Lipinski definition) is 0. The van der Waals surface area contributed by atoms with Gasteiger partial charge in [-0.05, 0) is 36.1 Å². The maximum Gasteiger partial charge on any atom is 0.374 e. The van der Waals surface area contributed by atoms with E-state index in [4.69, 9.17) is 9.15 Å². The number of carbonyl (C=O) groups excluding carboxylic acids is 1. The standard InChI is InChI=1S/C15H14O3/c16-15(14-6-3-9-17-14)18-13-8-7-11-4-1-2-5-12(11)10-13/h1-6,9,13H,7-8,10H2/t13-/m1/s1. The number of ether oxygens (including phenoxy) is 1. The van der Waals surface area contributed by atoms with Gasteiger partial charge in [0.25, 0.3) is 0 Å². The lowest BCUT2D eigenvalue weighted by Crippen LogP contribution is -2.25. The van der Waals surface area contributed by atoms with Crippen molar-refractivity contribution in [1.29, 1.82) is 0 Å².